The van der Waals surface area contributed by atoms with Gasteiger partial charge in [0.25, 0.3) is 0 Å². The summed E-state index contributed by atoms with van der Waals surface area (Å²) in [5.74, 6) is 0.903. The number of benzene rings is 1. The Bertz CT molecular complexity index is 533. The van der Waals surface area contributed by atoms with Crippen molar-refractivity contribution in [3.8, 4) is 5.75 Å². The second-order valence-corrected chi connectivity index (χ2v) is 6.10. The molecule has 2 heterocycles. The van der Waals surface area contributed by atoms with Crippen LogP contribution in [0.1, 0.15) is 5.56 Å². The van der Waals surface area contributed by atoms with Gasteiger partial charge in [-0.2, -0.15) is 0 Å². The number of nitrogens with zero attached hydrogens (tertiary/aromatic N) is 1. The van der Waals surface area contributed by atoms with Crippen LogP contribution in [-0.4, -0.2) is 57.4 Å². The third kappa shape index (κ3) is 3.98. The first-order valence-corrected chi connectivity index (χ1v) is 7.71. The van der Waals surface area contributed by atoms with Crippen molar-refractivity contribution in [1.82, 2.24) is 10.2 Å². The summed E-state index contributed by atoms with van der Waals surface area (Å²) < 4.78 is 11.5. The summed E-state index contributed by atoms with van der Waals surface area (Å²) in [6.07, 6.45) is 2.43. The van der Waals surface area contributed by atoms with Crippen molar-refractivity contribution >= 4 is 17.7 Å². The molecule has 2 aliphatic heterocycles. The average molecular weight is 309 g/mol. The Kier molecular flexibility index (Phi) is 4.80. The minimum absolute atomic E-state index is 0.274. The highest BCUT2D eigenvalue weighted by Gasteiger charge is 2.17. The molecule has 1 aromatic rings. The van der Waals surface area contributed by atoms with Gasteiger partial charge in [-0.1, -0.05) is 11.6 Å². The van der Waals surface area contributed by atoms with Crippen molar-refractivity contribution in [2.24, 2.45) is 0 Å². The molecule has 0 unspecified atom stereocenters. The zero-order valence-electron chi connectivity index (χ0n) is 12.3. The van der Waals surface area contributed by atoms with E-state index in [0.29, 0.717) is 6.61 Å². The Morgan fingerprint density at radius 1 is 1.43 bits per heavy atom. The van der Waals surface area contributed by atoms with E-state index in [2.05, 4.69) is 23.3 Å². The molecule has 0 aliphatic carbocycles. The molecule has 3 rings (SSSR count). The highest BCUT2D eigenvalue weighted by molar-refractivity contribution is 6.30. The fourth-order valence-corrected chi connectivity index (χ4v) is 2.86. The molecule has 0 aromatic heterocycles. The van der Waals surface area contributed by atoms with Crippen molar-refractivity contribution in [3.05, 3.63) is 34.4 Å². The van der Waals surface area contributed by atoms with E-state index in [1.165, 1.54) is 5.57 Å². The Balaban J connectivity index is 1.52. The van der Waals surface area contributed by atoms with Gasteiger partial charge >= 0.3 is 0 Å². The number of rotatable bonds is 4. The molecule has 0 bridgehead atoms. The van der Waals surface area contributed by atoms with Gasteiger partial charge in [0.15, 0.2) is 0 Å². The summed E-state index contributed by atoms with van der Waals surface area (Å²) in [7, 11) is 2.13. The number of morpholine rings is 1. The monoisotopic (exact) mass is 308 g/mol. The molecule has 114 valence electrons. The lowest BCUT2D eigenvalue weighted by Crippen LogP contribution is -2.45. The topological polar surface area (TPSA) is 33.7 Å². The van der Waals surface area contributed by atoms with Gasteiger partial charge < -0.3 is 19.7 Å². The summed E-state index contributed by atoms with van der Waals surface area (Å²) in [5.41, 5.74) is 2.29. The fourth-order valence-electron chi connectivity index (χ4n) is 2.68. The molecule has 1 aromatic carbocycles. The van der Waals surface area contributed by atoms with Gasteiger partial charge in [-0.15, -0.1) is 0 Å². The van der Waals surface area contributed by atoms with Gasteiger partial charge in [-0.05, 0) is 36.9 Å². The number of hydrogen-bond acceptors (Lipinski definition) is 4. The van der Waals surface area contributed by atoms with Gasteiger partial charge in [-0.25, -0.2) is 0 Å². The SMILES string of the molecule is CN1CCO[C@@H](CNCC2=Cc3cc(Cl)ccc3OC2)C1. The summed E-state index contributed by atoms with van der Waals surface area (Å²) >= 11 is 6.02. The Hall–Kier alpha value is -1.07. The van der Waals surface area contributed by atoms with Crippen LogP contribution >= 0.6 is 11.6 Å². The standard InChI is InChI=1S/C16H21ClN2O2/c1-19-4-5-20-15(10-19)9-18-8-12-6-13-7-14(17)2-3-16(13)21-11-12/h2-3,6-7,15,18H,4-5,8-11H2,1H3/t15-/m0/s1. The average Bonchev–Trinajstić information content (AvgIpc) is 2.47. The van der Waals surface area contributed by atoms with E-state index in [-0.39, 0.29) is 6.10 Å². The molecule has 1 N–H and O–H groups in total. The summed E-state index contributed by atoms with van der Waals surface area (Å²) in [5, 5.41) is 4.20. The molecule has 4 nitrogen and oxygen atoms in total. The molecule has 21 heavy (non-hydrogen) atoms. The van der Waals surface area contributed by atoms with Crippen LogP contribution in [0.5, 0.6) is 5.75 Å². The number of hydrogen-bond donors (Lipinski definition) is 1. The van der Waals surface area contributed by atoms with Gasteiger partial charge in [0.2, 0.25) is 0 Å². The van der Waals surface area contributed by atoms with E-state index in [0.717, 1.165) is 49.1 Å². The first kappa shape index (κ1) is 14.9. The van der Waals surface area contributed by atoms with Crippen LogP contribution in [0.3, 0.4) is 0 Å². The van der Waals surface area contributed by atoms with Crippen LogP contribution in [0, 0.1) is 0 Å². The number of fused-ring (bicyclic) bond motifs is 1. The Morgan fingerprint density at radius 2 is 2.33 bits per heavy atom. The third-order valence-electron chi connectivity index (χ3n) is 3.81. The van der Waals surface area contributed by atoms with Crippen LogP contribution in [0.25, 0.3) is 6.08 Å². The zero-order valence-corrected chi connectivity index (χ0v) is 13.0. The predicted octanol–water partition coefficient (Wildman–Crippen LogP) is 2.04. The number of halogens is 1. The van der Waals surface area contributed by atoms with Crippen molar-refractivity contribution in [1.29, 1.82) is 0 Å². The quantitative estimate of drug-likeness (QED) is 0.923. The number of nitrogens with one attached hydrogen (secondary N) is 1. The Labute approximate surface area is 130 Å². The first-order chi connectivity index (χ1) is 10.2. The normalized spacial score (nSPS) is 22.4. The molecule has 5 heteroatoms. The van der Waals surface area contributed by atoms with E-state index in [1.54, 1.807) is 0 Å². The smallest absolute Gasteiger partial charge is 0.127 e. The second kappa shape index (κ2) is 6.79. The first-order valence-electron chi connectivity index (χ1n) is 7.33. The largest absolute Gasteiger partial charge is 0.489 e. The maximum atomic E-state index is 6.02. The molecular weight excluding hydrogens is 288 g/mol. The molecule has 1 atom stereocenters. The molecule has 0 radical (unpaired) electrons. The fraction of sp³-hybridized carbons (Fsp3) is 0.500. The van der Waals surface area contributed by atoms with E-state index >= 15 is 0 Å². The van der Waals surface area contributed by atoms with Crippen molar-refractivity contribution in [3.63, 3.8) is 0 Å². The minimum Gasteiger partial charge on any atom is -0.489 e. The van der Waals surface area contributed by atoms with E-state index in [1.807, 2.05) is 18.2 Å². The van der Waals surface area contributed by atoms with Gasteiger partial charge in [0.1, 0.15) is 12.4 Å². The molecule has 1 fully saturated rings. The molecule has 1 saturated heterocycles. The van der Waals surface area contributed by atoms with Crippen LogP contribution in [0.2, 0.25) is 5.02 Å². The van der Waals surface area contributed by atoms with E-state index in [9.17, 15) is 0 Å². The molecule has 2 aliphatic rings. The maximum absolute atomic E-state index is 6.02. The zero-order chi connectivity index (χ0) is 14.7. The van der Waals surface area contributed by atoms with E-state index < -0.39 is 0 Å². The highest BCUT2D eigenvalue weighted by Crippen LogP contribution is 2.28. The third-order valence-corrected chi connectivity index (χ3v) is 4.05. The van der Waals surface area contributed by atoms with Gasteiger partial charge in [0, 0.05) is 36.8 Å². The second-order valence-electron chi connectivity index (χ2n) is 5.66. The summed E-state index contributed by atoms with van der Waals surface area (Å²) in [6.45, 7) is 5.14. The molecular formula is C16H21ClN2O2. The van der Waals surface area contributed by atoms with Crippen molar-refractivity contribution in [2.45, 2.75) is 6.10 Å². The Morgan fingerprint density at radius 3 is 3.19 bits per heavy atom. The minimum atomic E-state index is 0.274. The predicted molar refractivity (Wildman–Crippen MR) is 85.0 cm³/mol. The lowest BCUT2D eigenvalue weighted by Gasteiger charge is -2.30. The number of likely N-dealkylation sites (N-methyl/N-ethyl adjacent to an activating group) is 1. The van der Waals surface area contributed by atoms with Crippen LogP contribution in [0.4, 0.5) is 0 Å². The lowest BCUT2D eigenvalue weighted by molar-refractivity contribution is -0.0177. The van der Waals surface area contributed by atoms with Crippen LogP contribution in [0.15, 0.2) is 23.8 Å². The maximum Gasteiger partial charge on any atom is 0.127 e. The van der Waals surface area contributed by atoms with Gasteiger partial charge in [0.05, 0.1) is 12.7 Å². The van der Waals surface area contributed by atoms with E-state index in [4.69, 9.17) is 21.1 Å². The van der Waals surface area contributed by atoms with Crippen molar-refractivity contribution in [2.75, 3.05) is 46.4 Å². The summed E-state index contributed by atoms with van der Waals surface area (Å²) in [4.78, 5) is 2.30. The van der Waals surface area contributed by atoms with Crippen LogP contribution in [-0.2, 0) is 4.74 Å². The lowest BCUT2D eigenvalue weighted by atomic mass is 10.1. The summed E-state index contributed by atoms with van der Waals surface area (Å²) in [6, 6.07) is 5.72. The van der Waals surface area contributed by atoms with Crippen LogP contribution < -0.4 is 10.1 Å². The molecule has 0 saturated carbocycles. The highest BCUT2D eigenvalue weighted by atomic mass is 35.5. The van der Waals surface area contributed by atoms with Crippen molar-refractivity contribution < 1.29 is 9.47 Å². The molecule has 0 amide bonds. The number of ether oxygens (including phenoxy) is 2. The molecule has 0 spiro atoms. The van der Waals surface area contributed by atoms with Gasteiger partial charge in [-0.3, -0.25) is 0 Å².